The summed E-state index contributed by atoms with van der Waals surface area (Å²) < 4.78 is 0. The average Bonchev–Trinajstić information content (AvgIpc) is 2.14. The molecule has 0 fully saturated rings. The first-order valence-corrected chi connectivity index (χ1v) is 3.55. The lowest BCUT2D eigenvalue weighted by Crippen LogP contribution is -2.25. The van der Waals surface area contributed by atoms with Crippen LogP contribution < -0.4 is 22.6 Å². The van der Waals surface area contributed by atoms with E-state index >= 15 is 0 Å². The Kier molecular flexibility index (Phi) is 2.79. The topological polar surface area (TPSA) is 145 Å². The summed E-state index contributed by atoms with van der Waals surface area (Å²) in [6, 6.07) is 0. The van der Waals surface area contributed by atoms with E-state index in [1.54, 1.807) is 0 Å². The molecule has 1 amide bonds. The predicted octanol–water partition coefficient (Wildman–Crippen LogP) is -1.73. The third kappa shape index (κ3) is 2.06. The standard InChI is InChI=1S/C6H9N7O/c7-3-1-10-4(5(8)13-3)6(14)11-2-12-9/h1-2H,9H2,(H4,7,8,13)(H,11,12,14). The number of nitrogens with two attached hydrogens (primary N) is 3. The van der Waals surface area contributed by atoms with Gasteiger partial charge >= 0.3 is 0 Å². The van der Waals surface area contributed by atoms with Crippen molar-refractivity contribution in [1.29, 1.82) is 0 Å². The van der Waals surface area contributed by atoms with Crippen LogP contribution in [0.3, 0.4) is 0 Å². The van der Waals surface area contributed by atoms with Crippen LogP contribution >= 0.6 is 0 Å². The van der Waals surface area contributed by atoms with Crippen LogP contribution in [0.1, 0.15) is 10.5 Å². The maximum Gasteiger partial charge on any atom is 0.278 e. The van der Waals surface area contributed by atoms with E-state index in [1.807, 2.05) is 0 Å². The lowest BCUT2D eigenvalue weighted by molar-refractivity contribution is 0.0974. The zero-order valence-electron chi connectivity index (χ0n) is 7.14. The molecule has 1 aromatic heterocycles. The van der Waals surface area contributed by atoms with E-state index in [0.717, 1.165) is 6.34 Å². The molecule has 0 aliphatic heterocycles. The van der Waals surface area contributed by atoms with Crippen molar-refractivity contribution >= 4 is 23.9 Å². The van der Waals surface area contributed by atoms with Crippen molar-refractivity contribution in [3.63, 3.8) is 0 Å². The number of aromatic nitrogens is 2. The Morgan fingerprint density at radius 3 is 2.86 bits per heavy atom. The fourth-order valence-electron chi connectivity index (χ4n) is 0.757. The molecule has 0 saturated carbocycles. The van der Waals surface area contributed by atoms with Crippen LogP contribution in [0.5, 0.6) is 0 Å². The SMILES string of the molecule is NN=CNC(=O)c1ncc(N)nc1N. The van der Waals surface area contributed by atoms with Crippen molar-refractivity contribution in [1.82, 2.24) is 15.3 Å². The lowest BCUT2D eigenvalue weighted by atomic mass is 10.4. The summed E-state index contributed by atoms with van der Waals surface area (Å²) >= 11 is 0. The summed E-state index contributed by atoms with van der Waals surface area (Å²) in [4.78, 5) is 18.6. The van der Waals surface area contributed by atoms with E-state index in [2.05, 4.69) is 20.4 Å². The average molecular weight is 195 g/mol. The third-order valence-corrected chi connectivity index (χ3v) is 1.30. The molecule has 0 unspecified atom stereocenters. The van der Waals surface area contributed by atoms with Gasteiger partial charge in [0.25, 0.3) is 5.91 Å². The largest absolute Gasteiger partial charge is 0.382 e. The van der Waals surface area contributed by atoms with Gasteiger partial charge in [0, 0.05) is 0 Å². The Hall–Kier alpha value is -2.38. The van der Waals surface area contributed by atoms with Crippen molar-refractivity contribution in [2.75, 3.05) is 11.5 Å². The predicted molar refractivity (Wildman–Crippen MR) is 51.0 cm³/mol. The second kappa shape index (κ2) is 4.03. The highest BCUT2D eigenvalue weighted by molar-refractivity contribution is 6.02. The highest BCUT2D eigenvalue weighted by Gasteiger charge is 2.11. The summed E-state index contributed by atoms with van der Waals surface area (Å²) in [6.07, 6.45) is 2.24. The minimum atomic E-state index is -0.552. The molecule has 0 aliphatic rings. The number of rotatable bonds is 2. The lowest BCUT2D eigenvalue weighted by Gasteiger charge is -2.01. The summed E-state index contributed by atoms with van der Waals surface area (Å²) in [7, 11) is 0. The Bertz CT molecular complexity index is 374. The van der Waals surface area contributed by atoms with Gasteiger partial charge in [-0.15, -0.1) is 0 Å². The number of carbonyl (C=O) groups is 1. The first kappa shape index (κ1) is 9.71. The normalized spacial score (nSPS) is 10.3. The number of amides is 1. The molecule has 0 spiro atoms. The van der Waals surface area contributed by atoms with E-state index in [0.29, 0.717) is 0 Å². The number of hydrogen-bond donors (Lipinski definition) is 4. The summed E-state index contributed by atoms with van der Waals surface area (Å²) in [6.45, 7) is 0. The number of nitrogens with one attached hydrogen (secondary N) is 1. The number of hydrogen-bond acceptors (Lipinski definition) is 7. The van der Waals surface area contributed by atoms with E-state index in [4.69, 9.17) is 17.3 Å². The molecule has 0 radical (unpaired) electrons. The monoisotopic (exact) mass is 195 g/mol. The van der Waals surface area contributed by atoms with Gasteiger partial charge in [-0.05, 0) is 0 Å². The molecule has 0 aliphatic carbocycles. The fraction of sp³-hybridized carbons (Fsp3) is 0. The van der Waals surface area contributed by atoms with Gasteiger partial charge in [0.2, 0.25) is 0 Å². The highest BCUT2D eigenvalue weighted by Crippen LogP contribution is 2.06. The van der Waals surface area contributed by atoms with E-state index in [1.165, 1.54) is 6.20 Å². The number of hydrazone groups is 1. The molecule has 0 aromatic carbocycles. The molecular weight excluding hydrogens is 186 g/mol. The highest BCUT2D eigenvalue weighted by atomic mass is 16.1. The van der Waals surface area contributed by atoms with E-state index in [-0.39, 0.29) is 17.3 Å². The molecule has 8 heteroatoms. The van der Waals surface area contributed by atoms with Crippen molar-refractivity contribution in [2.45, 2.75) is 0 Å². The van der Waals surface area contributed by atoms with Crippen molar-refractivity contribution in [2.24, 2.45) is 10.9 Å². The second-order valence-electron chi connectivity index (χ2n) is 2.28. The van der Waals surface area contributed by atoms with Crippen molar-refractivity contribution < 1.29 is 4.79 Å². The Balaban J connectivity index is 2.90. The molecule has 0 bridgehead atoms. The Labute approximate surface area is 79.2 Å². The van der Waals surface area contributed by atoms with Crippen LogP contribution in [0, 0.1) is 0 Å². The van der Waals surface area contributed by atoms with Crippen molar-refractivity contribution in [3.05, 3.63) is 11.9 Å². The van der Waals surface area contributed by atoms with Gasteiger partial charge in [0.1, 0.15) is 12.2 Å². The maximum absolute atomic E-state index is 11.3. The van der Waals surface area contributed by atoms with E-state index < -0.39 is 5.91 Å². The maximum atomic E-state index is 11.3. The molecule has 0 saturated heterocycles. The fourth-order valence-corrected chi connectivity index (χ4v) is 0.757. The number of nitrogen functional groups attached to an aromatic ring is 2. The molecular formula is C6H9N7O. The molecule has 14 heavy (non-hydrogen) atoms. The molecule has 1 aromatic rings. The molecule has 1 rings (SSSR count). The Morgan fingerprint density at radius 2 is 2.29 bits per heavy atom. The van der Waals surface area contributed by atoms with Gasteiger partial charge in [-0.25, -0.2) is 9.97 Å². The molecule has 74 valence electrons. The molecule has 8 nitrogen and oxygen atoms in total. The molecule has 7 N–H and O–H groups in total. The summed E-state index contributed by atoms with van der Waals surface area (Å²) in [5.74, 6) is 4.33. The zero-order chi connectivity index (χ0) is 10.6. The van der Waals surface area contributed by atoms with Crippen LogP contribution in [0.25, 0.3) is 0 Å². The minimum absolute atomic E-state index is 0.0286. The van der Waals surface area contributed by atoms with Gasteiger partial charge in [0.15, 0.2) is 11.5 Å². The van der Waals surface area contributed by atoms with Gasteiger partial charge in [-0.3, -0.25) is 4.79 Å². The van der Waals surface area contributed by atoms with Gasteiger partial charge in [-0.1, -0.05) is 0 Å². The smallest absolute Gasteiger partial charge is 0.278 e. The Morgan fingerprint density at radius 1 is 1.57 bits per heavy atom. The van der Waals surface area contributed by atoms with Gasteiger partial charge in [-0.2, -0.15) is 5.10 Å². The third-order valence-electron chi connectivity index (χ3n) is 1.30. The second-order valence-corrected chi connectivity index (χ2v) is 2.28. The van der Waals surface area contributed by atoms with Crippen molar-refractivity contribution in [3.8, 4) is 0 Å². The minimum Gasteiger partial charge on any atom is -0.382 e. The van der Waals surface area contributed by atoms with Crippen LogP contribution in [0.15, 0.2) is 11.3 Å². The van der Waals surface area contributed by atoms with Crippen LogP contribution in [0.2, 0.25) is 0 Å². The zero-order valence-corrected chi connectivity index (χ0v) is 7.14. The summed E-state index contributed by atoms with van der Waals surface area (Å²) in [5, 5.41) is 5.31. The van der Waals surface area contributed by atoms with E-state index in [9.17, 15) is 4.79 Å². The molecule has 1 heterocycles. The first-order valence-electron chi connectivity index (χ1n) is 3.55. The van der Waals surface area contributed by atoms with Crippen LogP contribution in [0.4, 0.5) is 11.6 Å². The first-order chi connectivity index (χ1) is 6.65. The number of carbonyl (C=O) groups excluding carboxylic acids is 1. The van der Waals surface area contributed by atoms with Gasteiger partial charge < -0.3 is 22.6 Å². The quantitative estimate of drug-likeness (QED) is 0.191. The van der Waals surface area contributed by atoms with Crippen LogP contribution in [-0.2, 0) is 0 Å². The summed E-state index contributed by atoms with van der Waals surface area (Å²) in [5.41, 5.74) is 10.7. The number of nitrogens with zero attached hydrogens (tertiary/aromatic N) is 3. The van der Waals surface area contributed by atoms with Gasteiger partial charge in [0.05, 0.1) is 6.20 Å². The van der Waals surface area contributed by atoms with Crippen LogP contribution in [-0.4, -0.2) is 22.2 Å². The number of anilines is 2. The molecule has 0 atom stereocenters.